The number of halogens is 1. The van der Waals surface area contributed by atoms with Gasteiger partial charge in [0.25, 0.3) is 5.91 Å². The van der Waals surface area contributed by atoms with Gasteiger partial charge in [-0.15, -0.1) is 0 Å². The van der Waals surface area contributed by atoms with Crippen LogP contribution < -0.4 is 5.32 Å². The Bertz CT molecular complexity index is 1070. The molecular formula is C22H26ClN7O. The van der Waals surface area contributed by atoms with Crippen LogP contribution in [0.15, 0.2) is 36.9 Å². The minimum atomic E-state index is 0.0112. The van der Waals surface area contributed by atoms with E-state index in [0.29, 0.717) is 35.5 Å². The summed E-state index contributed by atoms with van der Waals surface area (Å²) in [7, 11) is 1.87. The number of pyridine rings is 1. The first kappa shape index (κ1) is 21.2. The van der Waals surface area contributed by atoms with E-state index in [0.717, 1.165) is 29.8 Å². The maximum atomic E-state index is 13.8. The van der Waals surface area contributed by atoms with Crippen LogP contribution in [0.4, 0.5) is 5.95 Å². The summed E-state index contributed by atoms with van der Waals surface area (Å²) >= 11 is 5.88. The molecule has 8 nitrogen and oxygen atoms in total. The van der Waals surface area contributed by atoms with Crippen LogP contribution in [0, 0.1) is 12.8 Å². The molecule has 1 amide bonds. The zero-order valence-corrected chi connectivity index (χ0v) is 18.7. The first-order valence-corrected chi connectivity index (χ1v) is 10.8. The minimum Gasteiger partial charge on any atom is -0.352 e. The van der Waals surface area contributed by atoms with Gasteiger partial charge in [0.05, 0.1) is 34.7 Å². The van der Waals surface area contributed by atoms with Gasteiger partial charge in [-0.3, -0.25) is 14.5 Å². The smallest absolute Gasteiger partial charge is 0.254 e. The standard InChI is InChI=1S/C22H26ClN7O/c1-14-5-4-8-30(20(14)13-27-22-25-10-16(23)11-26-22)21(31)17-9-15(2)24-12-18(17)19-6-7-28-29(19)3/h6-7,9-12,14,20H,4-5,8,13H2,1-3H3,(H,25,26,27)/t14-,20-/m1/s1. The van der Waals surface area contributed by atoms with Crippen molar-refractivity contribution >= 4 is 23.5 Å². The average molecular weight is 440 g/mol. The number of carbonyl (C=O) groups is 1. The van der Waals surface area contributed by atoms with Crippen LogP contribution in [0.1, 0.15) is 35.8 Å². The maximum absolute atomic E-state index is 13.8. The summed E-state index contributed by atoms with van der Waals surface area (Å²) in [5.74, 6) is 0.863. The van der Waals surface area contributed by atoms with Crippen molar-refractivity contribution in [3.63, 3.8) is 0 Å². The Balaban J connectivity index is 1.62. The van der Waals surface area contributed by atoms with Crippen LogP contribution in [0.3, 0.4) is 0 Å². The van der Waals surface area contributed by atoms with Gasteiger partial charge in [-0.2, -0.15) is 5.10 Å². The number of aromatic nitrogens is 5. The van der Waals surface area contributed by atoms with E-state index in [4.69, 9.17) is 11.6 Å². The number of carbonyl (C=O) groups excluding carboxylic acids is 1. The molecule has 3 aromatic rings. The van der Waals surface area contributed by atoms with Crippen LogP contribution in [0.2, 0.25) is 5.02 Å². The van der Waals surface area contributed by atoms with Gasteiger partial charge in [0, 0.05) is 43.8 Å². The molecule has 1 fully saturated rings. The highest BCUT2D eigenvalue weighted by atomic mass is 35.5. The Kier molecular flexibility index (Phi) is 6.18. The first-order valence-electron chi connectivity index (χ1n) is 10.4. The molecular weight excluding hydrogens is 414 g/mol. The van der Waals surface area contributed by atoms with Crippen molar-refractivity contribution in [1.29, 1.82) is 0 Å². The fraction of sp³-hybridized carbons (Fsp3) is 0.409. The average Bonchev–Trinajstić information content (AvgIpc) is 3.19. The number of hydrogen-bond donors (Lipinski definition) is 1. The first-order chi connectivity index (χ1) is 14.9. The molecule has 1 N–H and O–H groups in total. The molecule has 4 rings (SSSR count). The van der Waals surface area contributed by atoms with E-state index in [2.05, 4.69) is 32.3 Å². The molecule has 4 heterocycles. The van der Waals surface area contributed by atoms with Crippen LogP contribution in [0.5, 0.6) is 0 Å². The summed E-state index contributed by atoms with van der Waals surface area (Å²) in [6.07, 6.45) is 8.66. The second-order valence-corrected chi connectivity index (χ2v) is 8.44. The Morgan fingerprint density at radius 3 is 2.74 bits per heavy atom. The summed E-state index contributed by atoms with van der Waals surface area (Å²) in [5.41, 5.74) is 3.12. The second-order valence-electron chi connectivity index (χ2n) is 8.00. The van der Waals surface area contributed by atoms with Crippen molar-refractivity contribution in [2.75, 3.05) is 18.4 Å². The number of hydrogen-bond acceptors (Lipinski definition) is 6. The van der Waals surface area contributed by atoms with Gasteiger partial charge in [-0.05, 0) is 37.8 Å². The number of likely N-dealkylation sites (tertiary alicyclic amines) is 1. The predicted octanol–water partition coefficient (Wildman–Crippen LogP) is 3.59. The Labute approximate surface area is 186 Å². The van der Waals surface area contributed by atoms with Crippen LogP contribution in [0.25, 0.3) is 11.3 Å². The minimum absolute atomic E-state index is 0.0112. The highest BCUT2D eigenvalue weighted by Crippen LogP contribution is 2.29. The molecule has 1 aliphatic heterocycles. The molecule has 31 heavy (non-hydrogen) atoms. The van der Waals surface area contributed by atoms with Crippen molar-refractivity contribution in [3.8, 4) is 11.3 Å². The van der Waals surface area contributed by atoms with Crippen molar-refractivity contribution in [2.24, 2.45) is 13.0 Å². The third-order valence-corrected chi connectivity index (χ3v) is 6.03. The van der Waals surface area contributed by atoms with Gasteiger partial charge in [0.15, 0.2) is 0 Å². The summed E-state index contributed by atoms with van der Waals surface area (Å²) < 4.78 is 1.76. The molecule has 0 bridgehead atoms. The van der Waals surface area contributed by atoms with Gasteiger partial charge < -0.3 is 10.2 Å². The summed E-state index contributed by atoms with van der Waals surface area (Å²) in [6.45, 7) is 5.37. The number of anilines is 1. The second kappa shape index (κ2) is 9.01. The fourth-order valence-corrected chi connectivity index (χ4v) is 4.24. The molecule has 0 aromatic carbocycles. The molecule has 0 aliphatic carbocycles. The molecule has 162 valence electrons. The van der Waals surface area contributed by atoms with Crippen LogP contribution in [-0.4, -0.2) is 54.7 Å². The molecule has 0 saturated carbocycles. The Hall–Kier alpha value is -3.00. The van der Waals surface area contributed by atoms with Gasteiger partial charge in [0.2, 0.25) is 5.95 Å². The number of amides is 1. The van der Waals surface area contributed by atoms with Crippen molar-refractivity contribution in [1.82, 2.24) is 29.6 Å². The van der Waals surface area contributed by atoms with E-state index < -0.39 is 0 Å². The molecule has 9 heteroatoms. The highest BCUT2D eigenvalue weighted by molar-refractivity contribution is 6.30. The summed E-state index contributed by atoms with van der Waals surface area (Å²) in [5, 5.41) is 8.01. The number of nitrogens with zero attached hydrogens (tertiary/aromatic N) is 6. The molecule has 0 unspecified atom stereocenters. The largest absolute Gasteiger partial charge is 0.352 e. The SMILES string of the molecule is Cc1cc(C(=O)N2CCC[C@@H](C)[C@H]2CNc2ncc(Cl)cn2)c(-c2ccnn2C)cn1. The summed E-state index contributed by atoms with van der Waals surface area (Å²) in [4.78, 5) is 28.6. The van der Waals surface area contributed by atoms with Crippen molar-refractivity contribution in [2.45, 2.75) is 32.7 Å². The highest BCUT2D eigenvalue weighted by Gasteiger charge is 2.33. The van der Waals surface area contributed by atoms with Gasteiger partial charge >= 0.3 is 0 Å². The van der Waals surface area contributed by atoms with Crippen LogP contribution in [-0.2, 0) is 7.05 Å². The number of aryl methyl sites for hydroxylation is 2. The lowest BCUT2D eigenvalue weighted by molar-refractivity contribution is 0.0540. The van der Waals surface area contributed by atoms with E-state index in [1.165, 1.54) is 0 Å². The van der Waals surface area contributed by atoms with Crippen LogP contribution >= 0.6 is 11.6 Å². The lowest BCUT2D eigenvalue weighted by atomic mass is 9.89. The molecule has 1 saturated heterocycles. The van der Waals surface area contributed by atoms with E-state index in [9.17, 15) is 4.79 Å². The maximum Gasteiger partial charge on any atom is 0.254 e. The van der Waals surface area contributed by atoms with Crippen molar-refractivity contribution < 1.29 is 4.79 Å². The molecule has 3 aromatic heterocycles. The normalized spacial score (nSPS) is 18.8. The molecule has 2 atom stereocenters. The molecule has 1 aliphatic rings. The van der Waals surface area contributed by atoms with Gasteiger partial charge in [-0.1, -0.05) is 18.5 Å². The van der Waals surface area contributed by atoms with E-state index in [1.807, 2.05) is 31.0 Å². The van der Waals surface area contributed by atoms with Crippen molar-refractivity contribution in [3.05, 3.63) is 53.2 Å². The molecule has 0 radical (unpaired) electrons. The third kappa shape index (κ3) is 4.54. The topological polar surface area (TPSA) is 88.8 Å². The zero-order valence-electron chi connectivity index (χ0n) is 17.9. The summed E-state index contributed by atoms with van der Waals surface area (Å²) in [6, 6.07) is 3.80. The van der Waals surface area contributed by atoms with E-state index in [-0.39, 0.29) is 11.9 Å². The Morgan fingerprint density at radius 1 is 1.26 bits per heavy atom. The number of rotatable bonds is 5. The number of piperidine rings is 1. The van der Waals surface area contributed by atoms with E-state index in [1.54, 1.807) is 29.5 Å². The van der Waals surface area contributed by atoms with Gasteiger partial charge in [0.1, 0.15) is 0 Å². The quantitative estimate of drug-likeness (QED) is 0.653. The van der Waals surface area contributed by atoms with E-state index >= 15 is 0 Å². The van der Waals surface area contributed by atoms with Gasteiger partial charge in [-0.25, -0.2) is 9.97 Å². The lowest BCUT2D eigenvalue weighted by Crippen LogP contribution is -2.51. The zero-order chi connectivity index (χ0) is 22.0. The number of nitrogens with one attached hydrogen (secondary N) is 1. The monoisotopic (exact) mass is 439 g/mol. The fourth-order valence-electron chi connectivity index (χ4n) is 4.15. The lowest BCUT2D eigenvalue weighted by Gasteiger charge is -2.40. The predicted molar refractivity (Wildman–Crippen MR) is 120 cm³/mol. The molecule has 0 spiro atoms. The third-order valence-electron chi connectivity index (χ3n) is 5.83. The Morgan fingerprint density at radius 2 is 2.03 bits per heavy atom.